The van der Waals surface area contributed by atoms with Crippen LogP contribution in [-0.4, -0.2) is 8.80 Å². The molecule has 0 bridgehead atoms. The Morgan fingerprint density at radius 1 is 0.917 bits per heavy atom. The van der Waals surface area contributed by atoms with E-state index in [1.807, 2.05) is 10.4 Å². The maximum absolute atomic E-state index is 2.58. The van der Waals surface area contributed by atoms with Crippen molar-refractivity contribution in [1.29, 1.82) is 0 Å². The van der Waals surface area contributed by atoms with Crippen LogP contribution in [-0.2, 0) is 26.1 Å². The van der Waals surface area contributed by atoms with Crippen molar-refractivity contribution in [2.45, 2.75) is 20.3 Å². The van der Waals surface area contributed by atoms with Gasteiger partial charge in [0.15, 0.2) is 0 Å². The van der Waals surface area contributed by atoms with Crippen LogP contribution in [0.4, 0.5) is 0 Å². The first-order valence-electron chi connectivity index (χ1n) is 8.08. The van der Waals surface area contributed by atoms with Gasteiger partial charge in [0.1, 0.15) is 0 Å². The molecule has 4 heteroatoms. The Kier molecular flexibility index (Phi) is 5.16. The fourth-order valence-electron chi connectivity index (χ4n) is 4.62. The molecular formula is C20H18Br2HfSi. The van der Waals surface area contributed by atoms with Crippen LogP contribution in [0.25, 0.3) is 12.2 Å². The Morgan fingerprint density at radius 2 is 1.58 bits per heavy atom. The maximum Gasteiger partial charge on any atom is -1.00 e. The van der Waals surface area contributed by atoms with E-state index in [1.165, 1.54) is 11.1 Å². The molecule has 2 aromatic carbocycles. The van der Waals surface area contributed by atoms with Crippen LogP contribution < -0.4 is 34.0 Å². The Morgan fingerprint density at radius 3 is 2.38 bits per heavy atom. The van der Waals surface area contributed by atoms with Gasteiger partial charge in [-0.05, 0) is 0 Å². The summed E-state index contributed by atoms with van der Waals surface area (Å²) in [7, 11) is -0.985. The predicted octanol–water partition coefficient (Wildman–Crippen LogP) is -1.52. The zero-order chi connectivity index (χ0) is 14.9. The van der Waals surface area contributed by atoms with Crippen LogP contribution in [0.3, 0.4) is 0 Å². The molecule has 24 heavy (non-hydrogen) atoms. The Bertz CT molecular complexity index is 873. The summed E-state index contributed by atoms with van der Waals surface area (Å²) in [5, 5.41) is 3.69. The summed E-state index contributed by atoms with van der Waals surface area (Å²) in [6.45, 7) is 5.15. The molecule has 3 atom stereocenters. The van der Waals surface area contributed by atoms with Crippen molar-refractivity contribution in [2.24, 2.45) is 0 Å². The maximum atomic E-state index is 2.58. The van der Waals surface area contributed by atoms with E-state index in [2.05, 4.69) is 74.2 Å². The molecule has 3 unspecified atom stereocenters. The zero-order valence-corrected chi connectivity index (χ0v) is 21.6. The summed E-state index contributed by atoms with van der Waals surface area (Å²) in [5.41, 5.74) is 6.34. The largest absolute Gasteiger partial charge is 1.00 e. The van der Waals surface area contributed by atoms with E-state index in [-0.39, 0.29) is 34.0 Å². The number of rotatable bonds is 0. The first-order chi connectivity index (χ1) is 10.7. The average molecular weight is 625 g/mol. The average Bonchev–Trinajstić information content (AvgIpc) is 3.04. The molecule has 2 aromatic rings. The van der Waals surface area contributed by atoms with Gasteiger partial charge in [0, 0.05) is 0 Å². The van der Waals surface area contributed by atoms with Crippen molar-refractivity contribution in [3.63, 3.8) is 0 Å². The Labute approximate surface area is 177 Å². The number of allylic oxidation sites excluding steroid dienone is 2. The molecule has 0 spiro atoms. The molecule has 1 heterocycles. The quantitative estimate of drug-likeness (QED) is 0.313. The van der Waals surface area contributed by atoms with Crippen molar-refractivity contribution < 1.29 is 56.9 Å². The second kappa shape index (κ2) is 6.60. The van der Waals surface area contributed by atoms with Gasteiger partial charge < -0.3 is 34.0 Å². The summed E-state index contributed by atoms with van der Waals surface area (Å²) in [5.74, 6) is 0. The van der Waals surface area contributed by atoms with E-state index in [9.17, 15) is 0 Å². The minimum absolute atomic E-state index is 0. The summed E-state index contributed by atoms with van der Waals surface area (Å²) in [6, 6.07) is 18.3. The zero-order valence-electron chi connectivity index (χ0n) is 13.7. The van der Waals surface area contributed by atoms with Gasteiger partial charge in [-0.1, -0.05) is 0 Å². The van der Waals surface area contributed by atoms with Gasteiger partial charge in [-0.3, -0.25) is 0 Å². The minimum Gasteiger partial charge on any atom is -1.00 e. The predicted molar refractivity (Wildman–Crippen MR) is 91.9 cm³/mol. The fraction of sp³-hybridized carbons (Fsp3) is 0.200. The third-order valence-corrected chi connectivity index (χ3v) is 18.6. The molecule has 1 saturated heterocycles. The minimum atomic E-state index is -0.985. The van der Waals surface area contributed by atoms with Crippen LogP contribution >= 0.6 is 0 Å². The Hall–Kier alpha value is -0.0330. The van der Waals surface area contributed by atoms with E-state index >= 15 is 0 Å². The third-order valence-electron chi connectivity index (χ3n) is 5.75. The second-order valence-corrected chi connectivity index (χ2v) is 16.3. The number of benzene rings is 2. The molecule has 1 aliphatic heterocycles. The summed E-state index contributed by atoms with van der Waals surface area (Å²) >= 11 is -0.892. The summed E-state index contributed by atoms with van der Waals surface area (Å²) < 4.78 is 1.31. The standard InChI is InChI=1S/C20H18Si.2BrH.Hf/c1-14-19-10-6-5-9-17(19)13-20(14)21(2)18-11-15-7-3-4-8-16(15)12-18;;;/h3-13,21H,1-2H3;2*1H;/q;;;+2/p-2. The van der Waals surface area contributed by atoms with Crippen molar-refractivity contribution in [3.8, 4) is 0 Å². The van der Waals surface area contributed by atoms with Gasteiger partial charge in [-0.25, -0.2) is 0 Å². The number of halogens is 2. The molecule has 0 N–H and O–H groups in total. The van der Waals surface area contributed by atoms with E-state index in [0.29, 0.717) is 3.17 Å². The fourth-order valence-corrected chi connectivity index (χ4v) is 20.6. The molecule has 3 aliphatic rings. The molecule has 2 aliphatic carbocycles. The molecule has 0 amide bonds. The van der Waals surface area contributed by atoms with Gasteiger partial charge in [0.05, 0.1) is 0 Å². The van der Waals surface area contributed by atoms with Gasteiger partial charge in [0.2, 0.25) is 0 Å². The molecule has 0 nitrogen and oxygen atoms in total. The van der Waals surface area contributed by atoms with E-state index in [1.54, 1.807) is 11.1 Å². The Balaban J connectivity index is 0.000000845. The van der Waals surface area contributed by atoms with Crippen molar-refractivity contribution in [1.82, 2.24) is 0 Å². The van der Waals surface area contributed by atoms with E-state index < -0.39 is 31.7 Å². The van der Waals surface area contributed by atoms with Gasteiger partial charge >= 0.3 is 145 Å². The molecule has 0 saturated carbocycles. The topological polar surface area (TPSA) is 0 Å². The smallest absolute Gasteiger partial charge is 1.00 e. The van der Waals surface area contributed by atoms with Crippen LogP contribution in [0, 0.1) is 0 Å². The van der Waals surface area contributed by atoms with E-state index in [4.69, 9.17) is 0 Å². The number of fused-ring (bicyclic) bond motifs is 6. The molecule has 0 radical (unpaired) electrons. The van der Waals surface area contributed by atoms with E-state index in [0.717, 1.165) is 3.67 Å². The number of hydrogen-bond acceptors (Lipinski definition) is 0. The monoisotopic (exact) mass is 624 g/mol. The first kappa shape index (κ1) is 18.7. The molecule has 5 rings (SSSR count). The van der Waals surface area contributed by atoms with Crippen molar-refractivity contribution in [3.05, 3.63) is 81.2 Å². The SMILES string of the molecule is C[SiH]1C2=Cc3ccccc3[CH]2[Hf+2][C]2(C)C1=Cc1ccccc12.[Br-].[Br-]. The van der Waals surface area contributed by atoms with Crippen molar-refractivity contribution in [2.75, 3.05) is 0 Å². The third kappa shape index (κ3) is 2.44. The molecule has 0 aromatic heterocycles. The summed E-state index contributed by atoms with van der Waals surface area (Å²) in [4.78, 5) is 0. The molecular weight excluding hydrogens is 607 g/mol. The van der Waals surface area contributed by atoms with Gasteiger partial charge in [0.25, 0.3) is 0 Å². The van der Waals surface area contributed by atoms with Crippen molar-refractivity contribution >= 4 is 20.9 Å². The summed E-state index contributed by atoms with van der Waals surface area (Å²) in [6.07, 6.45) is 5.13. The van der Waals surface area contributed by atoms with Gasteiger partial charge in [-0.15, -0.1) is 0 Å². The van der Waals surface area contributed by atoms with Crippen LogP contribution in [0.1, 0.15) is 32.9 Å². The van der Waals surface area contributed by atoms with Crippen LogP contribution in [0.5, 0.6) is 0 Å². The first-order valence-corrected chi connectivity index (χ1v) is 14.3. The second-order valence-electron chi connectivity index (χ2n) is 6.88. The number of hydrogen-bond donors (Lipinski definition) is 0. The van der Waals surface area contributed by atoms with Crippen LogP contribution in [0.2, 0.25) is 6.55 Å². The molecule has 120 valence electrons. The normalized spacial score (nSPS) is 27.6. The van der Waals surface area contributed by atoms with Crippen LogP contribution in [0.15, 0.2) is 58.9 Å². The van der Waals surface area contributed by atoms with Gasteiger partial charge in [-0.2, -0.15) is 0 Å². The molecule has 1 fully saturated rings.